The van der Waals surface area contributed by atoms with Gasteiger partial charge in [0.1, 0.15) is 0 Å². The first-order valence-corrected chi connectivity index (χ1v) is 9.76. The molecule has 0 spiro atoms. The van der Waals surface area contributed by atoms with Gasteiger partial charge in [-0.3, -0.25) is 4.79 Å². The van der Waals surface area contributed by atoms with Crippen LogP contribution in [0.3, 0.4) is 0 Å². The van der Waals surface area contributed by atoms with E-state index in [1.54, 1.807) is 53.4 Å². The standard InChI is InChI=1S/C23H27NO4/c1-17-10-9-11-18(2)24(17)21(25)16-28-22(26)23(27,19-12-5-3-6-13-19)20-14-7-4-8-15-20/h3-8,12-15,17-18,27H,9-11,16H2,1-2H3/t17-,18+. The van der Waals surface area contributed by atoms with Crippen molar-refractivity contribution in [1.29, 1.82) is 0 Å². The monoisotopic (exact) mass is 381 g/mol. The minimum Gasteiger partial charge on any atom is -0.453 e. The lowest BCUT2D eigenvalue weighted by molar-refractivity contribution is -0.167. The number of benzene rings is 2. The maximum atomic E-state index is 13.0. The van der Waals surface area contributed by atoms with E-state index in [0.717, 1.165) is 19.3 Å². The van der Waals surface area contributed by atoms with Crippen LogP contribution in [0.2, 0.25) is 0 Å². The highest BCUT2D eigenvalue weighted by Gasteiger charge is 2.42. The van der Waals surface area contributed by atoms with Crippen LogP contribution in [0.5, 0.6) is 0 Å². The molecule has 0 bridgehead atoms. The molecular formula is C23H27NO4. The molecular weight excluding hydrogens is 354 g/mol. The summed E-state index contributed by atoms with van der Waals surface area (Å²) in [7, 11) is 0. The molecule has 0 unspecified atom stereocenters. The lowest BCUT2D eigenvalue weighted by Gasteiger charge is -2.39. The molecule has 0 aliphatic carbocycles. The summed E-state index contributed by atoms with van der Waals surface area (Å²) < 4.78 is 5.35. The Labute approximate surface area is 165 Å². The van der Waals surface area contributed by atoms with Gasteiger partial charge in [0.05, 0.1) is 0 Å². The van der Waals surface area contributed by atoms with Crippen molar-refractivity contribution in [3.63, 3.8) is 0 Å². The van der Waals surface area contributed by atoms with E-state index in [-0.39, 0.29) is 24.6 Å². The first kappa shape index (κ1) is 20.1. The summed E-state index contributed by atoms with van der Waals surface area (Å²) >= 11 is 0. The molecule has 0 radical (unpaired) electrons. The molecule has 1 amide bonds. The van der Waals surface area contributed by atoms with Crippen LogP contribution in [0.25, 0.3) is 0 Å². The van der Waals surface area contributed by atoms with Gasteiger partial charge in [-0.25, -0.2) is 4.79 Å². The summed E-state index contributed by atoms with van der Waals surface area (Å²) in [6.45, 7) is 3.65. The minimum atomic E-state index is -1.97. The fraction of sp³-hybridized carbons (Fsp3) is 0.391. The minimum absolute atomic E-state index is 0.122. The summed E-state index contributed by atoms with van der Waals surface area (Å²) in [5, 5.41) is 11.4. The predicted molar refractivity (Wildman–Crippen MR) is 106 cm³/mol. The number of piperidine rings is 1. The Balaban J connectivity index is 1.80. The fourth-order valence-corrected chi connectivity index (χ4v) is 3.98. The van der Waals surface area contributed by atoms with Crippen molar-refractivity contribution in [3.8, 4) is 0 Å². The second kappa shape index (κ2) is 8.57. The number of amides is 1. The van der Waals surface area contributed by atoms with Crippen LogP contribution in [0.1, 0.15) is 44.2 Å². The smallest absolute Gasteiger partial charge is 0.348 e. The third kappa shape index (κ3) is 3.94. The molecule has 1 heterocycles. The van der Waals surface area contributed by atoms with E-state index in [4.69, 9.17) is 4.74 Å². The predicted octanol–water partition coefficient (Wildman–Crippen LogP) is 3.26. The molecule has 2 atom stereocenters. The third-order valence-electron chi connectivity index (χ3n) is 5.49. The first-order valence-electron chi connectivity index (χ1n) is 9.76. The van der Waals surface area contributed by atoms with Gasteiger partial charge in [-0.05, 0) is 44.2 Å². The topological polar surface area (TPSA) is 66.8 Å². The van der Waals surface area contributed by atoms with Crippen molar-refractivity contribution in [1.82, 2.24) is 4.90 Å². The number of esters is 1. The van der Waals surface area contributed by atoms with Crippen LogP contribution in [-0.4, -0.2) is 40.6 Å². The average Bonchev–Trinajstić information content (AvgIpc) is 2.72. The number of hydrogen-bond acceptors (Lipinski definition) is 4. The number of rotatable bonds is 5. The molecule has 1 fully saturated rings. The molecule has 2 aromatic rings. The van der Waals surface area contributed by atoms with Crippen LogP contribution < -0.4 is 0 Å². The Hall–Kier alpha value is -2.66. The quantitative estimate of drug-likeness (QED) is 0.808. The SMILES string of the molecule is C[C@@H]1CCC[C@H](C)N1C(=O)COC(=O)C(O)(c1ccccc1)c1ccccc1. The van der Waals surface area contributed by atoms with Gasteiger partial charge in [-0.15, -0.1) is 0 Å². The van der Waals surface area contributed by atoms with Crippen LogP contribution >= 0.6 is 0 Å². The van der Waals surface area contributed by atoms with Crippen molar-refractivity contribution in [2.24, 2.45) is 0 Å². The number of carbonyl (C=O) groups excluding carboxylic acids is 2. The van der Waals surface area contributed by atoms with Crippen molar-refractivity contribution in [2.45, 2.75) is 50.8 Å². The molecule has 28 heavy (non-hydrogen) atoms. The van der Waals surface area contributed by atoms with Gasteiger partial charge in [0.2, 0.25) is 5.60 Å². The van der Waals surface area contributed by atoms with Gasteiger partial charge >= 0.3 is 5.97 Å². The highest BCUT2D eigenvalue weighted by atomic mass is 16.6. The van der Waals surface area contributed by atoms with E-state index in [2.05, 4.69) is 0 Å². The van der Waals surface area contributed by atoms with Crippen LogP contribution in [0.4, 0.5) is 0 Å². The number of nitrogens with zero attached hydrogens (tertiary/aromatic N) is 1. The number of ether oxygens (including phenoxy) is 1. The lowest BCUT2D eigenvalue weighted by Crippen LogP contribution is -2.49. The molecule has 2 aromatic carbocycles. The van der Waals surface area contributed by atoms with Gasteiger partial charge in [0.25, 0.3) is 5.91 Å². The lowest BCUT2D eigenvalue weighted by atomic mass is 9.86. The number of hydrogen-bond donors (Lipinski definition) is 1. The zero-order valence-electron chi connectivity index (χ0n) is 16.4. The maximum absolute atomic E-state index is 13.0. The van der Waals surface area contributed by atoms with Gasteiger partial charge in [-0.1, -0.05) is 60.7 Å². The molecule has 1 aliphatic rings. The van der Waals surface area contributed by atoms with Crippen molar-refractivity contribution >= 4 is 11.9 Å². The second-order valence-electron chi connectivity index (χ2n) is 7.45. The highest BCUT2D eigenvalue weighted by molar-refractivity contribution is 5.88. The maximum Gasteiger partial charge on any atom is 0.348 e. The Kier molecular flexibility index (Phi) is 6.15. The van der Waals surface area contributed by atoms with Crippen molar-refractivity contribution in [3.05, 3.63) is 71.8 Å². The molecule has 5 nitrogen and oxygen atoms in total. The summed E-state index contributed by atoms with van der Waals surface area (Å²) in [6.07, 6.45) is 2.98. The van der Waals surface area contributed by atoms with Gasteiger partial charge < -0.3 is 14.7 Å². The number of aliphatic hydroxyl groups is 1. The summed E-state index contributed by atoms with van der Waals surface area (Å²) in [5.41, 5.74) is -1.17. The summed E-state index contributed by atoms with van der Waals surface area (Å²) in [4.78, 5) is 27.5. The summed E-state index contributed by atoms with van der Waals surface area (Å²) in [6, 6.07) is 17.5. The molecule has 1 saturated heterocycles. The second-order valence-corrected chi connectivity index (χ2v) is 7.45. The molecule has 5 heteroatoms. The van der Waals surface area contributed by atoms with Crippen LogP contribution in [0, 0.1) is 0 Å². The fourth-order valence-electron chi connectivity index (χ4n) is 3.98. The molecule has 1 aliphatic heterocycles. The normalized spacial score (nSPS) is 19.9. The van der Waals surface area contributed by atoms with Crippen molar-refractivity contribution in [2.75, 3.05) is 6.61 Å². The Morgan fingerprint density at radius 2 is 1.43 bits per heavy atom. The highest BCUT2D eigenvalue weighted by Crippen LogP contribution is 2.31. The van der Waals surface area contributed by atoms with Crippen LogP contribution in [0.15, 0.2) is 60.7 Å². The van der Waals surface area contributed by atoms with E-state index in [9.17, 15) is 14.7 Å². The van der Waals surface area contributed by atoms with Gasteiger partial charge in [0.15, 0.2) is 6.61 Å². The van der Waals surface area contributed by atoms with Gasteiger partial charge in [0, 0.05) is 12.1 Å². The first-order chi connectivity index (χ1) is 13.4. The van der Waals surface area contributed by atoms with Crippen LogP contribution in [-0.2, 0) is 19.9 Å². The zero-order valence-corrected chi connectivity index (χ0v) is 16.4. The van der Waals surface area contributed by atoms with Gasteiger partial charge in [-0.2, -0.15) is 0 Å². The van der Waals surface area contributed by atoms with E-state index >= 15 is 0 Å². The Bertz CT molecular complexity index is 756. The van der Waals surface area contributed by atoms with E-state index in [1.807, 2.05) is 26.0 Å². The Morgan fingerprint density at radius 3 is 1.89 bits per heavy atom. The number of carbonyl (C=O) groups is 2. The molecule has 0 aromatic heterocycles. The molecule has 0 saturated carbocycles. The largest absolute Gasteiger partial charge is 0.453 e. The molecule has 1 N–H and O–H groups in total. The average molecular weight is 381 g/mol. The molecule has 3 rings (SSSR count). The van der Waals surface area contributed by atoms with Crippen molar-refractivity contribution < 1.29 is 19.4 Å². The zero-order chi connectivity index (χ0) is 20.1. The third-order valence-corrected chi connectivity index (χ3v) is 5.49. The van der Waals surface area contributed by atoms with E-state index < -0.39 is 11.6 Å². The number of likely N-dealkylation sites (tertiary alicyclic amines) is 1. The van der Waals surface area contributed by atoms with E-state index in [0.29, 0.717) is 11.1 Å². The molecule has 148 valence electrons. The Morgan fingerprint density at radius 1 is 0.964 bits per heavy atom. The summed E-state index contributed by atoms with van der Waals surface area (Å²) in [5.74, 6) is -1.08. The van der Waals surface area contributed by atoms with E-state index in [1.165, 1.54) is 0 Å².